The Balaban J connectivity index is 4.25. The molecule has 6 heteroatoms. The fourth-order valence-electron chi connectivity index (χ4n) is 10.5. The summed E-state index contributed by atoms with van der Waals surface area (Å²) in [5.41, 5.74) is 0. The molecule has 0 saturated carbocycles. The molecule has 0 radical (unpaired) electrons. The van der Waals surface area contributed by atoms with Crippen LogP contribution in [0.2, 0.25) is 0 Å². The fourth-order valence-corrected chi connectivity index (χ4v) is 10.5. The molecule has 0 aliphatic rings. The van der Waals surface area contributed by atoms with E-state index in [1.807, 2.05) is 0 Å². The van der Waals surface area contributed by atoms with Gasteiger partial charge in [-0.2, -0.15) is 0 Å². The van der Waals surface area contributed by atoms with Crippen molar-refractivity contribution in [2.75, 3.05) is 13.2 Å². The van der Waals surface area contributed by atoms with Gasteiger partial charge < -0.3 is 14.2 Å². The van der Waals surface area contributed by atoms with Crippen molar-refractivity contribution in [2.45, 2.75) is 374 Å². The monoisotopic (exact) mass is 1160 g/mol. The number of unbranched alkanes of at least 4 members (excludes halogenated alkanes) is 41. The topological polar surface area (TPSA) is 78.9 Å². The average molecular weight is 1160 g/mol. The Morgan fingerprint density at radius 3 is 0.735 bits per heavy atom. The van der Waals surface area contributed by atoms with Crippen molar-refractivity contribution in [3.05, 3.63) is 85.1 Å². The number of ether oxygens (including phenoxy) is 3. The van der Waals surface area contributed by atoms with E-state index in [2.05, 4.69) is 106 Å². The van der Waals surface area contributed by atoms with Gasteiger partial charge in [0.05, 0.1) is 0 Å². The summed E-state index contributed by atoms with van der Waals surface area (Å²) in [6, 6.07) is 0. The van der Waals surface area contributed by atoms with Crippen molar-refractivity contribution < 1.29 is 28.6 Å². The molecule has 0 heterocycles. The highest BCUT2D eigenvalue weighted by atomic mass is 16.6. The lowest BCUT2D eigenvalue weighted by Crippen LogP contribution is -2.30. The molecular formula is C77H136O6. The van der Waals surface area contributed by atoms with Gasteiger partial charge in [-0.25, -0.2) is 0 Å². The second kappa shape index (κ2) is 71.1. The van der Waals surface area contributed by atoms with Gasteiger partial charge in [-0.3, -0.25) is 14.4 Å². The summed E-state index contributed by atoms with van der Waals surface area (Å²) in [5, 5.41) is 0. The number of esters is 3. The molecule has 0 aliphatic carbocycles. The Bertz CT molecular complexity index is 1570. The van der Waals surface area contributed by atoms with Crippen LogP contribution in [0.3, 0.4) is 0 Å². The summed E-state index contributed by atoms with van der Waals surface area (Å²) in [4.78, 5) is 38.5. The molecule has 0 amide bonds. The van der Waals surface area contributed by atoms with Crippen LogP contribution in [0, 0.1) is 0 Å². The zero-order chi connectivity index (χ0) is 59.9. The Morgan fingerprint density at radius 2 is 0.470 bits per heavy atom. The van der Waals surface area contributed by atoms with Crippen molar-refractivity contribution in [3.63, 3.8) is 0 Å². The summed E-state index contributed by atoms with van der Waals surface area (Å²) in [6.45, 7) is 6.56. The van der Waals surface area contributed by atoms with Crippen molar-refractivity contribution in [3.8, 4) is 0 Å². The first-order valence-electron chi connectivity index (χ1n) is 36.1. The molecule has 0 rings (SSSR count). The molecule has 480 valence electrons. The van der Waals surface area contributed by atoms with E-state index in [0.717, 1.165) is 109 Å². The molecule has 0 bridgehead atoms. The summed E-state index contributed by atoms with van der Waals surface area (Å²) in [5.74, 6) is -0.871. The van der Waals surface area contributed by atoms with Gasteiger partial charge in [-0.05, 0) is 96.3 Å². The third-order valence-electron chi connectivity index (χ3n) is 15.9. The van der Waals surface area contributed by atoms with Gasteiger partial charge in [-0.15, -0.1) is 0 Å². The van der Waals surface area contributed by atoms with Crippen LogP contribution < -0.4 is 0 Å². The van der Waals surface area contributed by atoms with Crippen molar-refractivity contribution in [1.29, 1.82) is 0 Å². The smallest absolute Gasteiger partial charge is 0.306 e. The minimum atomic E-state index is -0.784. The quantitative estimate of drug-likeness (QED) is 0.0261. The first kappa shape index (κ1) is 79.6. The van der Waals surface area contributed by atoms with Crippen LogP contribution in [0.15, 0.2) is 85.1 Å². The van der Waals surface area contributed by atoms with E-state index in [9.17, 15) is 14.4 Å². The zero-order valence-electron chi connectivity index (χ0n) is 55.2. The van der Waals surface area contributed by atoms with E-state index in [1.165, 1.54) is 218 Å². The molecule has 0 aromatic heterocycles. The van der Waals surface area contributed by atoms with E-state index in [0.29, 0.717) is 19.3 Å². The SMILES string of the molecule is CC/C=C\C/C=C\C/C=C\C/C=C\CCCCCCCCC(=O)OC(COC(=O)CCCCCCCCCCCCCCCCC)COC(=O)CCCCCCCCCCCCCCCCCC/C=C\C/C=C\C/C=C\CCCCCCC. The van der Waals surface area contributed by atoms with E-state index >= 15 is 0 Å². The molecule has 0 spiro atoms. The first-order chi connectivity index (χ1) is 41.0. The van der Waals surface area contributed by atoms with Crippen LogP contribution in [0.5, 0.6) is 0 Å². The molecule has 0 aliphatic heterocycles. The summed E-state index contributed by atoms with van der Waals surface area (Å²) in [7, 11) is 0. The lowest BCUT2D eigenvalue weighted by Gasteiger charge is -2.18. The second-order valence-corrected chi connectivity index (χ2v) is 24.1. The van der Waals surface area contributed by atoms with Crippen LogP contribution in [0.25, 0.3) is 0 Å². The lowest BCUT2D eigenvalue weighted by molar-refractivity contribution is -0.167. The van der Waals surface area contributed by atoms with Crippen molar-refractivity contribution >= 4 is 17.9 Å². The van der Waals surface area contributed by atoms with Crippen molar-refractivity contribution in [2.24, 2.45) is 0 Å². The maximum atomic E-state index is 12.9. The minimum Gasteiger partial charge on any atom is -0.462 e. The van der Waals surface area contributed by atoms with Crippen LogP contribution >= 0.6 is 0 Å². The highest BCUT2D eigenvalue weighted by Gasteiger charge is 2.19. The Morgan fingerprint density at radius 1 is 0.253 bits per heavy atom. The highest BCUT2D eigenvalue weighted by Crippen LogP contribution is 2.18. The first-order valence-corrected chi connectivity index (χ1v) is 36.1. The number of rotatable bonds is 66. The van der Waals surface area contributed by atoms with Gasteiger partial charge in [0.25, 0.3) is 0 Å². The standard InChI is InChI=1S/C77H136O6/c1-4-7-10-13-16-19-22-25-28-30-32-33-34-35-36-37-38-39-40-41-42-43-45-46-49-52-55-58-61-64-67-70-76(79)82-73-74(72-81-75(78)69-66-63-60-57-54-51-48-27-24-21-18-15-12-9-6-3)83-77(80)71-68-65-62-59-56-53-50-47-44-31-29-26-23-20-17-14-11-8-5-2/h8,11,17,20,22,25-26,29-30,32,34-35,44,47,74H,4-7,9-10,12-16,18-19,21,23-24,27-28,31,33,36-43,45-46,48-73H2,1-3H3/b11-8-,20-17-,25-22-,29-26-,32-30-,35-34-,47-44-. The molecule has 1 atom stereocenters. The van der Waals surface area contributed by atoms with Gasteiger partial charge >= 0.3 is 17.9 Å². The van der Waals surface area contributed by atoms with E-state index in [1.54, 1.807) is 0 Å². The average Bonchev–Trinajstić information content (AvgIpc) is 3.49. The second-order valence-electron chi connectivity index (χ2n) is 24.1. The van der Waals surface area contributed by atoms with E-state index < -0.39 is 6.10 Å². The van der Waals surface area contributed by atoms with Crippen LogP contribution in [0.1, 0.15) is 367 Å². The molecule has 0 fully saturated rings. The van der Waals surface area contributed by atoms with E-state index in [4.69, 9.17) is 14.2 Å². The summed E-state index contributed by atoms with van der Waals surface area (Å²) >= 11 is 0. The van der Waals surface area contributed by atoms with Gasteiger partial charge in [0, 0.05) is 19.3 Å². The number of hydrogen-bond acceptors (Lipinski definition) is 6. The number of hydrogen-bond donors (Lipinski definition) is 0. The third kappa shape index (κ3) is 69.3. The maximum Gasteiger partial charge on any atom is 0.306 e. The molecule has 0 aromatic carbocycles. The molecule has 0 N–H and O–H groups in total. The summed E-state index contributed by atoms with van der Waals surface area (Å²) < 4.78 is 17.0. The molecular weight excluding hydrogens is 1020 g/mol. The molecule has 6 nitrogen and oxygen atoms in total. The predicted molar refractivity (Wildman–Crippen MR) is 362 cm³/mol. The number of allylic oxidation sites excluding steroid dienone is 14. The van der Waals surface area contributed by atoms with Crippen LogP contribution in [-0.4, -0.2) is 37.2 Å². The van der Waals surface area contributed by atoms with Gasteiger partial charge in [0.1, 0.15) is 13.2 Å². The largest absolute Gasteiger partial charge is 0.462 e. The van der Waals surface area contributed by atoms with Gasteiger partial charge in [0.15, 0.2) is 6.10 Å². The minimum absolute atomic E-state index is 0.0780. The molecule has 0 saturated heterocycles. The lowest BCUT2D eigenvalue weighted by atomic mass is 10.0. The molecule has 83 heavy (non-hydrogen) atoms. The summed E-state index contributed by atoms with van der Waals surface area (Å²) in [6.07, 6.45) is 94.7. The fraction of sp³-hybridized carbons (Fsp3) is 0.779. The highest BCUT2D eigenvalue weighted by molar-refractivity contribution is 5.71. The van der Waals surface area contributed by atoms with Gasteiger partial charge in [0.2, 0.25) is 0 Å². The zero-order valence-corrected chi connectivity index (χ0v) is 55.2. The van der Waals surface area contributed by atoms with Gasteiger partial charge in [-0.1, -0.05) is 337 Å². The van der Waals surface area contributed by atoms with Crippen LogP contribution in [-0.2, 0) is 28.6 Å². The number of carbonyl (C=O) groups excluding carboxylic acids is 3. The molecule has 1 unspecified atom stereocenters. The predicted octanol–water partition coefficient (Wildman–Crippen LogP) is 25.0. The van der Waals surface area contributed by atoms with Crippen molar-refractivity contribution in [1.82, 2.24) is 0 Å². The van der Waals surface area contributed by atoms with E-state index in [-0.39, 0.29) is 31.1 Å². The van der Waals surface area contributed by atoms with Crippen LogP contribution in [0.4, 0.5) is 0 Å². The third-order valence-corrected chi connectivity index (χ3v) is 15.9. The number of carbonyl (C=O) groups is 3. The Labute approximate surface area is 515 Å². The Hall–Kier alpha value is -3.41. The normalized spacial score (nSPS) is 12.6. The maximum absolute atomic E-state index is 12.9. The Kier molecular flexibility index (Phi) is 68.2. The molecule has 0 aromatic rings.